The lowest BCUT2D eigenvalue weighted by Crippen LogP contribution is -2.40. The Labute approximate surface area is 135 Å². The fourth-order valence-corrected chi connectivity index (χ4v) is 2.88. The van der Waals surface area contributed by atoms with Crippen LogP contribution in [0.3, 0.4) is 0 Å². The number of amides is 1. The van der Waals surface area contributed by atoms with Crippen LogP contribution in [0.1, 0.15) is 32.6 Å². The van der Waals surface area contributed by atoms with Gasteiger partial charge in [-0.25, -0.2) is 4.79 Å². The molecule has 128 valence electrons. The van der Waals surface area contributed by atoms with Gasteiger partial charge in [0, 0.05) is 25.9 Å². The Balaban J connectivity index is 1.74. The van der Waals surface area contributed by atoms with Gasteiger partial charge in [-0.1, -0.05) is 19.8 Å². The average molecular weight is 323 g/mol. The zero-order chi connectivity index (χ0) is 16.8. The smallest absolute Gasteiger partial charge is 0.331 e. The van der Waals surface area contributed by atoms with E-state index in [-0.39, 0.29) is 24.1 Å². The number of carbonyl (C=O) groups excluding carboxylic acids is 1. The van der Waals surface area contributed by atoms with Crippen LogP contribution in [0.2, 0.25) is 0 Å². The number of carbonyl (C=O) groups is 1. The third kappa shape index (κ3) is 4.79. The normalized spacial score (nSPS) is 21.1. The lowest BCUT2D eigenvalue weighted by molar-refractivity contribution is -0.122. The second-order valence-corrected chi connectivity index (χ2v) is 6.14. The molecule has 2 atom stereocenters. The Morgan fingerprint density at radius 1 is 1.35 bits per heavy atom. The maximum absolute atomic E-state index is 11.9. The summed E-state index contributed by atoms with van der Waals surface area (Å²) in [6.07, 6.45) is 6.38. The van der Waals surface area contributed by atoms with Crippen LogP contribution in [-0.4, -0.2) is 34.3 Å². The molecule has 0 unspecified atom stereocenters. The highest BCUT2D eigenvalue weighted by Gasteiger charge is 2.21. The molecule has 0 saturated heterocycles. The summed E-state index contributed by atoms with van der Waals surface area (Å²) < 4.78 is 8.01. The molecule has 0 radical (unpaired) electrons. The van der Waals surface area contributed by atoms with E-state index in [9.17, 15) is 14.4 Å². The third-order valence-corrected chi connectivity index (χ3v) is 4.36. The average Bonchev–Trinajstić information content (AvgIpc) is 2.54. The van der Waals surface area contributed by atoms with Crippen LogP contribution in [0.4, 0.5) is 0 Å². The van der Waals surface area contributed by atoms with Gasteiger partial charge in [0.25, 0.3) is 5.56 Å². The molecular weight excluding hydrogens is 298 g/mol. The first kappa shape index (κ1) is 17.5. The zero-order valence-electron chi connectivity index (χ0n) is 13.8. The van der Waals surface area contributed by atoms with Crippen LogP contribution < -0.4 is 16.6 Å². The van der Waals surface area contributed by atoms with E-state index in [0.29, 0.717) is 19.1 Å². The fraction of sp³-hybridized carbons (Fsp3) is 0.688. The van der Waals surface area contributed by atoms with Gasteiger partial charge in [0.15, 0.2) is 0 Å². The van der Waals surface area contributed by atoms with Crippen molar-refractivity contribution in [1.82, 2.24) is 14.5 Å². The molecule has 1 aliphatic rings. The molecule has 2 rings (SSSR count). The van der Waals surface area contributed by atoms with Crippen LogP contribution in [-0.2, 0) is 23.1 Å². The van der Waals surface area contributed by atoms with E-state index in [2.05, 4.69) is 12.2 Å². The Morgan fingerprint density at radius 2 is 2.09 bits per heavy atom. The van der Waals surface area contributed by atoms with Crippen molar-refractivity contribution in [1.29, 1.82) is 0 Å². The molecule has 1 heterocycles. The van der Waals surface area contributed by atoms with E-state index >= 15 is 0 Å². The zero-order valence-corrected chi connectivity index (χ0v) is 13.8. The number of aromatic nitrogens is 2. The van der Waals surface area contributed by atoms with E-state index in [1.165, 1.54) is 43.1 Å². The fourth-order valence-electron chi connectivity index (χ4n) is 2.88. The van der Waals surface area contributed by atoms with Crippen molar-refractivity contribution in [2.45, 2.75) is 45.3 Å². The number of ether oxygens (including phenoxy) is 1. The van der Waals surface area contributed by atoms with Crippen molar-refractivity contribution in [3.8, 4) is 0 Å². The summed E-state index contributed by atoms with van der Waals surface area (Å²) in [6, 6.07) is 1.27. The predicted molar refractivity (Wildman–Crippen MR) is 86.3 cm³/mol. The quantitative estimate of drug-likeness (QED) is 0.761. The van der Waals surface area contributed by atoms with Gasteiger partial charge >= 0.3 is 5.69 Å². The molecule has 7 nitrogen and oxygen atoms in total. The molecule has 1 aromatic heterocycles. The van der Waals surface area contributed by atoms with Crippen molar-refractivity contribution in [2.24, 2.45) is 13.0 Å². The van der Waals surface area contributed by atoms with Crippen molar-refractivity contribution in [2.75, 3.05) is 13.2 Å². The topological polar surface area (TPSA) is 82.3 Å². The monoisotopic (exact) mass is 323 g/mol. The molecule has 0 aliphatic heterocycles. The minimum Gasteiger partial charge on any atom is -0.376 e. The molecule has 1 saturated carbocycles. The summed E-state index contributed by atoms with van der Waals surface area (Å²) in [4.78, 5) is 35.0. The van der Waals surface area contributed by atoms with E-state index in [1.54, 1.807) is 0 Å². The Bertz CT molecular complexity index is 649. The van der Waals surface area contributed by atoms with Gasteiger partial charge in [0.05, 0.1) is 12.7 Å². The van der Waals surface area contributed by atoms with Gasteiger partial charge in [0.1, 0.15) is 6.54 Å². The van der Waals surface area contributed by atoms with E-state index in [4.69, 9.17) is 4.74 Å². The summed E-state index contributed by atoms with van der Waals surface area (Å²) in [7, 11) is 1.39. The van der Waals surface area contributed by atoms with Crippen LogP contribution in [0.5, 0.6) is 0 Å². The molecule has 1 amide bonds. The van der Waals surface area contributed by atoms with Crippen LogP contribution >= 0.6 is 0 Å². The van der Waals surface area contributed by atoms with Crippen molar-refractivity contribution < 1.29 is 9.53 Å². The minimum absolute atomic E-state index is 0.104. The Kier molecular flexibility index (Phi) is 6.15. The molecule has 1 aliphatic carbocycles. The highest BCUT2D eigenvalue weighted by molar-refractivity contribution is 5.75. The lowest BCUT2D eigenvalue weighted by atomic mass is 9.88. The minimum atomic E-state index is -0.500. The molecule has 23 heavy (non-hydrogen) atoms. The molecule has 1 N–H and O–H groups in total. The first-order valence-corrected chi connectivity index (χ1v) is 8.14. The first-order valence-electron chi connectivity index (χ1n) is 8.14. The summed E-state index contributed by atoms with van der Waals surface area (Å²) in [5.74, 6) is 0.301. The van der Waals surface area contributed by atoms with Gasteiger partial charge in [0.2, 0.25) is 5.91 Å². The Hall–Kier alpha value is -1.89. The van der Waals surface area contributed by atoms with E-state index < -0.39 is 5.69 Å². The van der Waals surface area contributed by atoms with Crippen LogP contribution in [0, 0.1) is 5.92 Å². The first-order chi connectivity index (χ1) is 11.0. The standard InChI is InChI=1S/C16H25N3O4/c1-12-5-3-4-6-13(12)23-10-8-17-14(20)11-19-9-7-15(21)18(2)16(19)22/h7,9,12-13H,3-6,8,10-11H2,1-2H3,(H,17,20)/t12-,13+/m1/s1. The third-order valence-electron chi connectivity index (χ3n) is 4.36. The predicted octanol–water partition coefficient (Wildman–Crippen LogP) is 0.259. The largest absolute Gasteiger partial charge is 0.376 e. The summed E-state index contributed by atoms with van der Waals surface area (Å²) in [6.45, 7) is 2.99. The summed E-state index contributed by atoms with van der Waals surface area (Å²) in [5, 5.41) is 2.74. The van der Waals surface area contributed by atoms with E-state index in [1.807, 2.05) is 0 Å². The number of hydrogen-bond acceptors (Lipinski definition) is 4. The lowest BCUT2D eigenvalue weighted by Gasteiger charge is -2.28. The SMILES string of the molecule is C[C@@H]1CCCC[C@@H]1OCCNC(=O)Cn1ccc(=O)n(C)c1=O. The Morgan fingerprint density at radius 3 is 2.83 bits per heavy atom. The molecular formula is C16H25N3O4. The number of nitrogens with zero attached hydrogens (tertiary/aromatic N) is 2. The summed E-state index contributed by atoms with van der Waals surface area (Å²) in [5.41, 5.74) is -0.887. The molecule has 0 aromatic carbocycles. The van der Waals surface area contributed by atoms with E-state index in [0.717, 1.165) is 11.0 Å². The molecule has 1 aromatic rings. The second-order valence-electron chi connectivity index (χ2n) is 6.14. The van der Waals surface area contributed by atoms with Gasteiger partial charge in [-0.05, 0) is 18.8 Å². The number of hydrogen-bond donors (Lipinski definition) is 1. The van der Waals surface area contributed by atoms with Crippen molar-refractivity contribution in [3.05, 3.63) is 33.1 Å². The highest BCUT2D eigenvalue weighted by Crippen LogP contribution is 2.25. The number of nitrogens with one attached hydrogen (secondary N) is 1. The van der Waals surface area contributed by atoms with Crippen molar-refractivity contribution in [3.63, 3.8) is 0 Å². The van der Waals surface area contributed by atoms with Gasteiger partial charge in [-0.2, -0.15) is 0 Å². The molecule has 7 heteroatoms. The molecule has 0 spiro atoms. The van der Waals surface area contributed by atoms with Crippen LogP contribution in [0.25, 0.3) is 0 Å². The van der Waals surface area contributed by atoms with Gasteiger partial charge < -0.3 is 10.1 Å². The summed E-state index contributed by atoms with van der Waals surface area (Å²) >= 11 is 0. The van der Waals surface area contributed by atoms with Crippen LogP contribution in [0.15, 0.2) is 21.9 Å². The highest BCUT2D eigenvalue weighted by atomic mass is 16.5. The van der Waals surface area contributed by atoms with Gasteiger partial charge in [-0.15, -0.1) is 0 Å². The van der Waals surface area contributed by atoms with Gasteiger partial charge in [-0.3, -0.25) is 18.7 Å². The maximum atomic E-state index is 11.9. The maximum Gasteiger partial charge on any atom is 0.331 e. The number of rotatable bonds is 6. The molecule has 1 fully saturated rings. The second kappa shape index (κ2) is 8.10. The van der Waals surface area contributed by atoms with Crippen molar-refractivity contribution >= 4 is 5.91 Å². The molecule has 0 bridgehead atoms.